The number of rotatable bonds is 8. The van der Waals surface area contributed by atoms with Crippen LogP contribution in [-0.2, 0) is 25.5 Å². The summed E-state index contributed by atoms with van der Waals surface area (Å²) < 4.78 is 45.5. The minimum Gasteiger partial charge on any atom is -0.463 e. The van der Waals surface area contributed by atoms with Gasteiger partial charge in [-0.2, -0.15) is 13.2 Å². The molecule has 0 aromatic heterocycles. The molecule has 0 aliphatic heterocycles. The summed E-state index contributed by atoms with van der Waals surface area (Å²) in [6.45, 7) is 2.89. The second kappa shape index (κ2) is 8.41. The van der Waals surface area contributed by atoms with Crippen LogP contribution in [0.15, 0.2) is 24.3 Å². The summed E-state index contributed by atoms with van der Waals surface area (Å²) in [5, 5.41) is 0. The summed E-state index contributed by atoms with van der Waals surface area (Å²) >= 11 is 0. The van der Waals surface area contributed by atoms with Gasteiger partial charge in [-0.1, -0.05) is 29.8 Å². The fourth-order valence-electron chi connectivity index (χ4n) is 1.81. The number of carbonyl (C=O) groups is 1. The van der Waals surface area contributed by atoms with Gasteiger partial charge >= 0.3 is 18.6 Å². The van der Waals surface area contributed by atoms with E-state index in [2.05, 4.69) is 4.74 Å². The molecule has 0 N–H and O–H groups in total. The molecule has 0 heterocycles. The Balaban J connectivity index is 2.44. The molecule has 1 atom stereocenters. The first-order chi connectivity index (χ1) is 10.3. The monoisotopic (exact) mass is 317 g/mol. The Morgan fingerprint density at radius 3 is 2.68 bits per heavy atom. The number of ether oxygens (including phenoxy) is 2. The van der Waals surface area contributed by atoms with E-state index in [0.717, 1.165) is 17.6 Å². The summed E-state index contributed by atoms with van der Waals surface area (Å²) in [5.41, 5.74) is 1.98. The maximum atomic E-state index is 12.1. The summed E-state index contributed by atoms with van der Waals surface area (Å²) in [7, 11) is 0. The lowest BCUT2D eigenvalue weighted by Gasteiger charge is -2.15. The lowest BCUT2D eigenvalue weighted by molar-refractivity contribution is -0.159. The van der Waals surface area contributed by atoms with Crippen LogP contribution in [0.5, 0.6) is 0 Å². The molecular weight excluding hydrogens is 301 g/mol. The normalized spacial score (nSPS) is 12.5. The van der Waals surface area contributed by atoms with Crippen LogP contribution in [0.4, 0.5) is 13.2 Å². The fraction of sp³-hybridized carbons (Fsp3) is 0.467. The van der Waals surface area contributed by atoms with Crippen LogP contribution in [0.2, 0.25) is 0 Å². The van der Waals surface area contributed by atoms with E-state index in [-0.39, 0.29) is 6.61 Å². The molecule has 1 rings (SSSR count). The van der Waals surface area contributed by atoms with Gasteiger partial charge in [0.05, 0.1) is 6.61 Å². The Morgan fingerprint density at radius 1 is 1.36 bits per heavy atom. The first-order valence-electron chi connectivity index (χ1n) is 6.63. The van der Waals surface area contributed by atoms with Gasteiger partial charge in [0.25, 0.3) is 0 Å². The first-order valence-corrected chi connectivity index (χ1v) is 6.63. The number of aryl methyl sites for hydroxylation is 1. The topological polar surface area (TPSA) is 52.6 Å². The van der Waals surface area contributed by atoms with Gasteiger partial charge in [-0.05, 0) is 12.5 Å². The van der Waals surface area contributed by atoms with Crippen molar-refractivity contribution in [3.63, 3.8) is 0 Å². The number of benzene rings is 1. The Morgan fingerprint density at radius 2 is 2.09 bits per heavy atom. The molecule has 0 amide bonds. The van der Waals surface area contributed by atoms with Crippen LogP contribution < -0.4 is 0 Å². The highest BCUT2D eigenvalue weighted by Crippen LogP contribution is 2.23. The van der Waals surface area contributed by atoms with Crippen LogP contribution in [0.1, 0.15) is 24.0 Å². The van der Waals surface area contributed by atoms with Crippen LogP contribution >= 0.6 is 0 Å². The SMILES string of the molecule is Cc1cccc(CCOC(=O)C(CCC(F)(F)F)O[C]=O)c1. The van der Waals surface area contributed by atoms with Crippen molar-refractivity contribution in [2.75, 3.05) is 6.61 Å². The first kappa shape index (κ1) is 18.0. The predicted molar refractivity (Wildman–Crippen MR) is 71.7 cm³/mol. The molecule has 0 bridgehead atoms. The van der Waals surface area contributed by atoms with Gasteiger partial charge in [-0.3, -0.25) is 0 Å². The molecule has 0 fully saturated rings. The van der Waals surface area contributed by atoms with E-state index in [9.17, 15) is 22.8 Å². The minimum absolute atomic E-state index is 0.00692. The summed E-state index contributed by atoms with van der Waals surface area (Å²) in [4.78, 5) is 21.8. The highest BCUT2D eigenvalue weighted by atomic mass is 19.4. The zero-order valence-electron chi connectivity index (χ0n) is 12.0. The Kier molecular flexibility index (Phi) is 6.88. The van der Waals surface area contributed by atoms with Crippen molar-refractivity contribution in [2.24, 2.45) is 0 Å². The van der Waals surface area contributed by atoms with E-state index in [1.165, 1.54) is 0 Å². The molecule has 7 heteroatoms. The summed E-state index contributed by atoms with van der Waals surface area (Å²) in [5.74, 6) is -1.000. The Bertz CT molecular complexity index is 500. The molecule has 1 unspecified atom stereocenters. The number of esters is 1. The van der Waals surface area contributed by atoms with Gasteiger partial charge in [0, 0.05) is 19.3 Å². The van der Waals surface area contributed by atoms with Crippen molar-refractivity contribution < 1.29 is 32.2 Å². The molecule has 1 aromatic carbocycles. The quantitative estimate of drug-likeness (QED) is 0.692. The molecule has 0 saturated carbocycles. The molecule has 4 nitrogen and oxygen atoms in total. The average molecular weight is 317 g/mol. The van der Waals surface area contributed by atoms with Crippen LogP contribution in [0.3, 0.4) is 0 Å². The molecule has 1 aromatic rings. The van der Waals surface area contributed by atoms with E-state index < -0.39 is 31.1 Å². The van der Waals surface area contributed by atoms with E-state index in [1.54, 1.807) is 0 Å². The molecule has 0 aliphatic rings. The van der Waals surface area contributed by atoms with Crippen molar-refractivity contribution in [2.45, 2.75) is 38.5 Å². The van der Waals surface area contributed by atoms with Crippen molar-refractivity contribution >= 4 is 12.4 Å². The van der Waals surface area contributed by atoms with E-state index in [1.807, 2.05) is 31.2 Å². The van der Waals surface area contributed by atoms with Crippen molar-refractivity contribution in [1.82, 2.24) is 0 Å². The predicted octanol–water partition coefficient (Wildman–Crippen LogP) is 2.88. The highest BCUT2D eigenvalue weighted by molar-refractivity contribution is 5.75. The largest absolute Gasteiger partial charge is 0.463 e. The Labute approximate surface area is 126 Å². The third kappa shape index (κ3) is 7.10. The van der Waals surface area contributed by atoms with E-state index >= 15 is 0 Å². The standard InChI is InChI=1S/C15H16F3O4/c1-11-3-2-4-12(9-11)6-8-21-14(20)13(22-10-19)5-7-15(16,17)18/h2-4,9,13H,5-8H2,1H3. The van der Waals surface area contributed by atoms with E-state index in [4.69, 9.17) is 4.74 Å². The van der Waals surface area contributed by atoms with Crippen molar-refractivity contribution in [3.8, 4) is 0 Å². The Hall–Kier alpha value is -2.05. The number of hydrogen-bond donors (Lipinski definition) is 0. The highest BCUT2D eigenvalue weighted by Gasteiger charge is 2.32. The second-order valence-electron chi connectivity index (χ2n) is 4.75. The van der Waals surface area contributed by atoms with Crippen LogP contribution in [0.25, 0.3) is 0 Å². The van der Waals surface area contributed by atoms with E-state index in [0.29, 0.717) is 6.42 Å². The van der Waals surface area contributed by atoms with Gasteiger partial charge in [0.2, 0.25) is 0 Å². The maximum absolute atomic E-state index is 12.1. The summed E-state index contributed by atoms with van der Waals surface area (Å²) in [6.07, 6.45) is -7.53. The molecule has 121 valence electrons. The zero-order chi connectivity index (χ0) is 16.6. The smallest absolute Gasteiger partial charge is 0.418 e. The second-order valence-corrected chi connectivity index (χ2v) is 4.75. The van der Waals surface area contributed by atoms with Gasteiger partial charge < -0.3 is 9.47 Å². The molecule has 0 saturated heterocycles. The fourth-order valence-corrected chi connectivity index (χ4v) is 1.81. The third-order valence-corrected chi connectivity index (χ3v) is 2.86. The lowest BCUT2D eigenvalue weighted by atomic mass is 10.1. The number of halogens is 3. The van der Waals surface area contributed by atoms with Gasteiger partial charge in [-0.15, -0.1) is 0 Å². The molecule has 22 heavy (non-hydrogen) atoms. The van der Waals surface area contributed by atoms with Crippen molar-refractivity contribution in [1.29, 1.82) is 0 Å². The number of carbonyl (C=O) groups excluding carboxylic acids is 2. The minimum atomic E-state index is -4.44. The average Bonchev–Trinajstić information content (AvgIpc) is 2.42. The van der Waals surface area contributed by atoms with Crippen molar-refractivity contribution in [3.05, 3.63) is 35.4 Å². The van der Waals surface area contributed by atoms with Crippen LogP contribution in [-0.4, -0.2) is 31.3 Å². The molecule has 0 spiro atoms. The zero-order valence-corrected chi connectivity index (χ0v) is 12.0. The molecular formula is C15H16F3O4. The maximum Gasteiger partial charge on any atom is 0.418 e. The van der Waals surface area contributed by atoms with Gasteiger partial charge in [0.1, 0.15) is 0 Å². The van der Waals surface area contributed by atoms with Gasteiger partial charge in [0.15, 0.2) is 6.10 Å². The molecule has 0 aliphatic carbocycles. The third-order valence-electron chi connectivity index (χ3n) is 2.86. The summed E-state index contributed by atoms with van der Waals surface area (Å²) in [6, 6.07) is 7.52. The number of hydrogen-bond acceptors (Lipinski definition) is 4. The molecule has 1 radical (unpaired) electrons. The number of alkyl halides is 3. The van der Waals surface area contributed by atoms with Crippen LogP contribution in [0, 0.1) is 6.92 Å². The van der Waals surface area contributed by atoms with Gasteiger partial charge in [-0.25, -0.2) is 9.59 Å². The lowest BCUT2D eigenvalue weighted by Crippen LogP contribution is -2.28.